The second-order valence-corrected chi connectivity index (χ2v) is 22.7. The normalized spacial score (nSPS) is 48.7. The Kier molecular flexibility index (Phi) is 6.91. The summed E-state index contributed by atoms with van der Waals surface area (Å²) in [6.45, 7) is 28.2. The minimum atomic E-state index is -1.81. The summed E-state index contributed by atoms with van der Waals surface area (Å²) in [7, 11) is -1.81. The van der Waals surface area contributed by atoms with Crippen molar-refractivity contribution in [1.29, 1.82) is 0 Å². The molecular weight excluding hydrogens is 480 g/mol. The third kappa shape index (κ3) is 3.89. The summed E-state index contributed by atoms with van der Waals surface area (Å²) in [6, 6.07) is 0. The molecule has 5 aliphatic rings. The zero-order valence-corrected chi connectivity index (χ0v) is 28.1. The van der Waals surface area contributed by atoms with Crippen LogP contribution in [0.4, 0.5) is 0 Å². The summed E-state index contributed by atoms with van der Waals surface area (Å²) in [4.78, 5) is 0. The first-order chi connectivity index (χ1) is 17.4. The fourth-order valence-electron chi connectivity index (χ4n) is 11.2. The molecule has 3 heteroatoms. The van der Waals surface area contributed by atoms with Crippen molar-refractivity contribution >= 4 is 8.32 Å². The molecule has 0 bridgehead atoms. The largest absolute Gasteiger partial charge is 0.413 e. The van der Waals surface area contributed by atoms with E-state index in [-0.39, 0.29) is 21.3 Å². The van der Waals surface area contributed by atoms with Crippen molar-refractivity contribution in [2.45, 2.75) is 151 Å². The van der Waals surface area contributed by atoms with Gasteiger partial charge < -0.3 is 9.53 Å². The molecule has 9 atom stereocenters. The topological polar surface area (TPSA) is 29.5 Å². The van der Waals surface area contributed by atoms with Gasteiger partial charge in [-0.25, -0.2) is 0 Å². The third-order valence-corrected chi connectivity index (χ3v) is 19.5. The Morgan fingerprint density at radius 2 is 1.61 bits per heavy atom. The van der Waals surface area contributed by atoms with Gasteiger partial charge in [0, 0.05) is 12.0 Å². The van der Waals surface area contributed by atoms with E-state index in [9.17, 15) is 5.11 Å². The van der Waals surface area contributed by atoms with E-state index in [1.807, 2.05) is 0 Å². The number of aliphatic hydroxyl groups excluding tert-OH is 1. The Balaban J connectivity index is 1.48. The Hall–Kier alpha value is -0.123. The molecule has 0 aromatic rings. The van der Waals surface area contributed by atoms with E-state index in [1.54, 1.807) is 5.57 Å². The molecule has 3 unspecified atom stereocenters. The highest BCUT2D eigenvalue weighted by Gasteiger charge is 2.68. The van der Waals surface area contributed by atoms with Crippen molar-refractivity contribution in [3.8, 4) is 0 Å². The molecule has 0 aromatic heterocycles. The average molecular weight is 543 g/mol. The van der Waals surface area contributed by atoms with Crippen molar-refractivity contribution in [2.75, 3.05) is 6.61 Å². The fourth-order valence-corrected chi connectivity index (χ4v) is 12.7. The Morgan fingerprint density at radius 3 is 2.24 bits per heavy atom. The maximum absolute atomic E-state index is 10.7. The molecule has 0 aromatic carbocycles. The average Bonchev–Trinajstić information content (AvgIpc) is 2.81. The van der Waals surface area contributed by atoms with E-state index in [1.165, 1.54) is 64.2 Å². The second kappa shape index (κ2) is 8.94. The van der Waals surface area contributed by atoms with Gasteiger partial charge in [-0.15, -0.1) is 0 Å². The first-order valence-electron chi connectivity index (χ1n) is 16.4. The van der Waals surface area contributed by atoms with E-state index in [0.717, 1.165) is 17.8 Å². The number of hydrogen-bond acceptors (Lipinski definition) is 2. The first-order valence-corrected chi connectivity index (χ1v) is 19.3. The highest BCUT2D eigenvalue weighted by molar-refractivity contribution is 6.74. The zero-order chi connectivity index (χ0) is 28.2. The number of allylic oxidation sites excluding steroid dienone is 2. The lowest BCUT2D eigenvalue weighted by atomic mass is 9.34. The molecular formula is C35H62O2Si. The molecule has 0 radical (unpaired) electrons. The molecule has 38 heavy (non-hydrogen) atoms. The third-order valence-electron chi connectivity index (χ3n) is 15.0. The quantitative estimate of drug-likeness (QED) is 0.284. The lowest BCUT2D eigenvalue weighted by Crippen LogP contribution is -2.65. The van der Waals surface area contributed by atoms with Gasteiger partial charge >= 0.3 is 0 Å². The van der Waals surface area contributed by atoms with Crippen LogP contribution in [-0.2, 0) is 4.43 Å². The van der Waals surface area contributed by atoms with Crippen LogP contribution in [0.5, 0.6) is 0 Å². The molecule has 4 fully saturated rings. The summed E-state index contributed by atoms with van der Waals surface area (Å²) in [6.07, 6.45) is 16.0. The molecule has 0 heterocycles. The van der Waals surface area contributed by atoms with Crippen LogP contribution in [0.1, 0.15) is 127 Å². The van der Waals surface area contributed by atoms with E-state index in [0.29, 0.717) is 29.5 Å². The van der Waals surface area contributed by atoms with Crippen LogP contribution in [0.15, 0.2) is 11.6 Å². The smallest absolute Gasteiger partial charge is 0.192 e. The Labute approximate surface area is 237 Å². The van der Waals surface area contributed by atoms with Gasteiger partial charge in [-0.1, -0.05) is 80.4 Å². The summed E-state index contributed by atoms with van der Waals surface area (Å²) < 4.78 is 7.22. The Morgan fingerprint density at radius 1 is 0.921 bits per heavy atom. The maximum atomic E-state index is 10.7. The van der Waals surface area contributed by atoms with Gasteiger partial charge in [-0.2, -0.15) is 0 Å². The van der Waals surface area contributed by atoms with Crippen LogP contribution >= 0.6 is 0 Å². The summed E-state index contributed by atoms with van der Waals surface area (Å²) in [5.74, 6) is 2.87. The molecule has 0 amide bonds. The predicted molar refractivity (Wildman–Crippen MR) is 164 cm³/mol. The molecule has 0 spiro atoms. The van der Waals surface area contributed by atoms with Crippen LogP contribution in [0.25, 0.3) is 0 Å². The molecule has 2 nitrogen and oxygen atoms in total. The van der Waals surface area contributed by atoms with Gasteiger partial charge in [-0.05, 0) is 121 Å². The second-order valence-electron chi connectivity index (χ2n) is 18.0. The SMILES string of the molecule is C[C@H]1CC[C@]2(CO)CC[C@@]3(C)C(=CCC4[C@@]5(C)CCC(O[Si](C)(C)C(C)(C)C)C(C)(C)C5CC[C@]43C)[C@@H]2C1. The molecule has 5 aliphatic carbocycles. The van der Waals surface area contributed by atoms with Gasteiger partial charge in [0.2, 0.25) is 0 Å². The summed E-state index contributed by atoms with van der Waals surface area (Å²) in [5, 5.41) is 11.0. The standard InChI is InChI=1S/C35H62O2Si/c1-24-14-19-35(23-36)21-20-33(8)25(26(35)22-24)12-13-28-32(7)17-16-29(37-38(10,11)30(2,3)4)31(5,6)27(32)15-18-34(28,33)9/h12,24,26-29,36H,13-23H2,1-11H3/t24-,26-,27?,28?,29?,32-,33-,34+,35+/m0/s1. The fraction of sp³-hybridized carbons (Fsp3) is 0.943. The lowest BCUT2D eigenvalue weighted by molar-refractivity contribution is -0.201. The summed E-state index contributed by atoms with van der Waals surface area (Å²) in [5.41, 5.74) is 3.16. The highest BCUT2D eigenvalue weighted by Crippen LogP contribution is 2.75. The van der Waals surface area contributed by atoms with Gasteiger partial charge in [-0.3, -0.25) is 0 Å². The van der Waals surface area contributed by atoms with E-state index in [2.05, 4.69) is 81.5 Å². The Bertz CT molecular complexity index is 959. The van der Waals surface area contributed by atoms with Crippen LogP contribution in [0, 0.1) is 50.7 Å². The number of hydrogen-bond donors (Lipinski definition) is 1. The van der Waals surface area contributed by atoms with E-state index >= 15 is 0 Å². The van der Waals surface area contributed by atoms with Crippen molar-refractivity contribution in [2.24, 2.45) is 50.7 Å². The van der Waals surface area contributed by atoms with Crippen LogP contribution in [0.3, 0.4) is 0 Å². The van der Waals surface area contributed by atoms with Gasteiger partial charge in [0.05, 0.1) is 6.10 Å². The summed E-state index contributed by atoms with van der Waals surface area (Å²) >= 11 is 0. The molecule has 0 saturated heterocycles. The van der Waals surface area contributed by atoms with Crippen molar-refractivity contribution in [1.82, 2.24) is 0 Å². The predicted octanol–water partition coefficient (Wildman–Crippen LogP) is 9.78. The molecule has 4 saturated carbocycles. The molecule has 5 rings (SSSR count). The van der Waals surface area contributed by atoms with Gasteiger partial charge in [0.15, 0.2) is 8.32 Å². The maximum Gasteiger partial charge on any atom is 0.192 e. The molecule has 0 aliphatic heterocycles. The van der Waals surface area contributed by atoms with E-state index < -0.39 is 8.32 Å². The van der Waals surface area contributed by atoms with Gasteiger partial charge in [0.25, 0.3) is 0 Å². The number of aliphatic hydroxyl groups is 1. The highest BCUT2D eigenvalue weighted by atomic mass is 28.4. The number of fused-ring (bicyclic) bond motifs is 7. The van der Waals surface area contributed by atoms with Crippen LogP contribution < -0.4 is 0 Å². The lowest BCUT2D eigenvalue weighted by Gasteiger charge is -2.71. The molecule has 218 valence electrons. The minimum absolute atomic E-state index is 0.156. The van der Waals surface area contributed by atoms with Crippen molar-refractivity contribution in [3.05, 3.63) is 11.6 Å². The monoisotopic (exact) mass is 542 g/mol. The first kappa shape index (κ1) is 29.4. The molecule has 1 N–H and O–H groups in total. The van der Waals surface area contributed by atoms with Crippen molar-refractivity contribution in [3.63, 3.8) is 0 Å². The van der Waals surface area contributed by atoms with Crippen molar-refractivity contribution < 1.29 is 9.53 Å². The van der Waals surface area contributed by atoms with E-state index in [4.69, 9.17) is 4.43 Å². The minimum Gasteiger partial charge on any atom is -0.413 e. The number of rotatable bonds is 3. The van der Waals surface area contributed by atoms with Gasteiger partial charge in [0.1, 0.15) is 0 Å². The zero-order valence-electron chi connectivity index (χ0n) is 27.1. The van der Waals surface area contributed by atoms with Crippen LogP contribution in [0.2, 0.25) is 18.1 Å². The van der Waals surface area contributed by atoms with Crippen LogP contribution in [-0.4, -0.2) is 26.1 Å².